The third-order valence-electron chi connectivity index (χ3n) is 4.41. The Kier molecular flexibility index (Phi) is 4.82. The maximum absolute atomic E-state index is 9.70. The van der Waals surface area contributed by atoms with E-state index < -0.39 is 6.23 Å². The van der Waals surface area contributed by atoms with Crippen LogP contribution in [0, 0.1) is 18.3 Å². The first kappa shape index (κ1) is 18.9. The molecule has 0 bridgehead atoms. The Bertz CT molecular complexity index is 1140. The molecule has 0 fully saturated rings. The number of nitriles is 1. The molecule has 8 heteroatoms. The van der Waals surface area contributed by atoms with Crippen molar-refractivity contribution >= 4 is 40.4 Å². The minimum Gasteiger partial charge on any atom is -0.453 e. The Morgan fingerprint density at radius 2 is 1.71 bits per heavy atom. The van der Waals surface area contributed by atoms with E-state index in [9.17, 15) is 5.26 Å². The molecule has 0 spiro atoms. The van der Waals surface area contributed by atoms with Gasteiger partial charge in [0.1, 0.15) is 6.07 Å². The lowest BCUT2D eigenvalue weighted by molar-refractivity contribution is 0.228. The van der Waals surface area contributed by atoms with Gasteiger partial charge in [-0.15, -0.1) is 0 Å². The summed E-state index contributed by atoms with van der Waals surface area (Å²) in [5.74, 6) is 0.423. The number of halogens is 3. The van der Waals surface area contributed by atoms with Crippen molar-refractivity contribution in [2.75, 3.05) is 0 Å². The molecule has 1 unspecified atom stereocenters. The van der Waals surface area contributed by atoms with Crippen LogP contribution in [0.5, 0.6) is 5.88 Å². The lowest BCUT2D eigenvalue weighted by Crippen LogP contribution is -2.33. The lowest BCUT2D eigenvalue weighted by Gasteiger charge is -2.25. The van der Waals surface area contributed by atoms with Gasteiger partial charge in [-0.25, -0.2) is 4.68 Å². The first-order valence-electron chi connectivity index (χ1n) is 8.28. The van der Waals surface area contributed by atoms with Crippen molar-refractivity contribution in [2.45, 2.75) is 13.2 Å². The Labute approximate surface area is 176 Å². The highest BCUT2D eigenvalue weighted by atomic mass is 35.5. The quantitative estimate of drug-likeness (QED) is 0.609. The lowest BCUT2D eigenvalue weighted by atomic mass is 9.91. The first-order valence-corrected chi connectivity index (χ1v) is 9.41. The Hall–Kier alpha value is -2.49. The Morgan fingerprint density at radius 1 is 1.07 bits per heavy atom. The van der Waals surface area contributed by atoms with Gasteiger partial charge in [-0.2, -0.15) is 10.4 Å². The Morgan fingerprint density at radius 3 is 2.32 bits per heavy atom. The average Bonchev–Trinajstić information content (AvgIpc) is 2.97. The molecular formula is C20H13Cl3N4O. The second kappa shape index (κ2) is 7.16. The van der Waals surface area contributed by atoms with Crippen molar-refractivity contribution in [1.82, 2.24) is 9.78 Å². The molecule has 1 atom stereocenters. The zero-order valence-electron chi connectivity index (χ0n) is 14.6. The predicted octanol–water partition coefficient (Wildman–Crippen LogP) is 5.14. The van der Waals surface area contributed by atoms with Gasteiger partial charge in [0, 0.05) is 20.6 Å². The highest BCUT2D eigenvalue weighted by Crippen LogP contribution is 2.42. The second-order valence-corrected chi connectivity index (χ2v) is 7.56. The maximum atomic E-state index is 9.70. The summed E-state index contributed by atoms with van der Waals surface area (Å²) >= 11 is 18.3. The van der Waals surface area contributed by atoms with Gasteiger partial charge in [0.15, 0.2) is 6.23 Å². The highest BCUT2D eigenvalue weighted by molar-refractivity contribution is 6.34. The van der Waals surface area contributed by atoms with E-state index in [1.54, 1.807) is 35.0 Å². The van der Waals surface area contributed by atoms with Crippen molar-refractivity contribution in [1.29, 1.82) is 5.26 Å². The van der Waals surface area contributed by atoms with Gasteiger partial charge in [0.05, 0.1) is 22.5 Å². The molecule has 5 nitrogen and oxygen atoms in total. The number of aromatic nitrogens is 2. The summed E-state index contributed by atoms with van der Waals surface area (Å²) in [4.78, 5) is 0. The molecule has 4 rings (SSSR count). The Balaban J connectivity index is 1.99. The van der Waals surface area contributed by atoms with Crippen LogP contribution in [0.25, 0.3) is 11.3 Å². The molecule has 0 saturated heterocycles. The number of ether oxygens (including phenoxy) is 1. The van der Waals surface area contributed by atoms with Gasteiger partial charge >= 0.3 is 0 Å². The van der Waals surface area contributed by atoms with Gasteiger partial charge in [-0.05, 0) is 42.8 Å². The summed E-state index contributed by atoms with van der Waals surface area (Å²) in [5, 5.41) is 15.8. The van der Waals surface area contributed by atoms with Crippen LogP contribution < -0.4 is 10.5 Å². The van der Waals surface area contributed by atoms with Gasteiger partial charge in [0.25, 0.3) is 0 Å². The van der Waals surface area contributed by atoms with Crippen LogP contribution >= 0.6 is 34.8 Å². The van der Waals surface area contributed by atoms with Gasteiger partial charge in [-0.1, -0.05) is 46.9 Å². The molecule has 28 heavy (non-hydrogen) atoms. The summed E-state index contributed by atoms with van der Waals surface area (Å²) in [6.07, 6.45) is -0.937. The normalized spacial score (nSPS) is 15.8. The van der Waals surface area contributed by atoms with Crippen LogP contribution in [0.1, 0.15) is 16.8 Å². The third kappa shape index (κ3) is 3.15. The summed E-state index contributed by atoms with van der Waals surface area (Å²) in [7, 11) is 0. The van der Waals surface area contributed by atoms with E-state index in [1.165, 1.54) is 0 Å². The van der Waals surface area contributed by atoms with Crippen molar-refractivity contribution in [3.63, 3.8) is 0 Å². The van der Waals surface area contributed by atoms with Crippen LogP contribution in [0.3, 0.4) is 0 Å². The monoisotopic (exact) mass is 430 g/mol. The zero-order valence-corrected chi connectivity index (χ0v) is 16.8. The van der Waals surface area contributed by atoms with Crippen molar-refractivity contribution in [2.24, 2.45) is 5.73 Å². The summed E-state index contributed by atoms with van der Waals surface area (Å²) in [6, 6.07) is 14.4. The van der Waals surface area contributed by atoms with Crippen molar-refractivity contribution in [3.8, 4) is 17.6 Å². The fourth-order valence-corrected chi connectivity index (χ4v) is 3.87. The number of benzene rings is 2. The molecule has 0 radical (unpaired) electrons. The molecule has 1 aliphatic rings. The molecule has 2 heterocycles. The molecule has 3 aromatic rings. The molecule has 0 saturated carbocycles. The highest BCUT2D eigenvalue weighted by Gasteiger charge is 2.33. The van der Waals surface area contributed by atoms with Crippen LogP contribution in [0.2, 0.25) is 15.1 Å². The number of aryl methyl sites for hydroxylation is 1. The number of hydrogen-bond donors (Lipinski definition) is 1. The zero-order chi connectivity index (χ0) is 20.0. The molecule has 2 N–H and O–H groups in total. The van der Waals surface area contributed by atoms with E-state index in [2.05, 4.69) is 11.2 Å². The van der Waals surface area contributed by atoms with Crippen LogP contribution in [-0.4, -0.2) is 16.0 Å². The molecule has 0 aliphatic carbocycles. The molecule has 0 amide bonds. The summed E-state index contributed by atoms with van der Waals surface area (Å²) in [5.41, 5.74) is 9.94. The van der Waals surface area contributed by atoms with Crippen LogP contribution in [0.4, 0.5) is 0 Å². The SMILES string of the molecule is Cc1nn(-c2cc(Cl)cc(Cl)c2)c2c1C(c1ccc(Cl)cc1)=C(C#N)C(N)O2. The molecule has 1 aromatic heterocycles. The topological polar surface area (TPSA) is 76.9 Å². The van der Waals surface area contributed by atoms with Crippen LogP contribution in [0.15, 0.2) is 48.0 Å². The van der Waals surface area contributed by atoms with Gasteiger partial charge < -0.3 is 4.74 Å². The third-order valence-corrected chi connectivity index (χ3v) is 5.09. The van der Waals surface area contributed by atoms with Crippen molar-refractivity contribution < 1.29 is 4.74 Å². The summed E-state index contributed by atoms with van der Waals surface area (Å²) < 4.78 is 7.47. The van der Waals surface area contributed by atoms with Crippen LogP contribution in [-0.2, 0) is 0 Å². The van der Waals surface area contributed by atoms with E-state index in [0.717, 1.165) is 5.56 Å². The number of nitrogens with two attached hydrogens (primary N) is 1. The van der Waals surface area contributed by atoms with Crippen molar-refractivity contribution in [3.05, 3.63) is 79.9 Å². The minimum absolute atomic E-state index is 0.321. The molecule has 2 aromatic carbocycles. The van der Waals surface area contributed by atoms with Gasteiger partial charge in [0.2, 0.25) is 5.88 Å². The number of rotatable bonds is 2. The van der Waals surface area contributed by atoms with E-state index >= 15 is 0 Å². The fourth-order valence-electron chi connectivity index (χ4n) is 3.23. The van der Waals surface area contributed by atoms with E-state index in [4.69, 9.17) is 45.3 Å². The smallest absolute Gasteiger partial charge is 0.226 e. The number of fused-ring (bicyclic) bond motifs is 1. The van der Waals surface area contributed by atoms with E-state index in [1.807, 2.05) is 19.1 Å². The van der Waals surface area contributed by atoms with Gasteiger partial charge in [-0.3, -0.25) is 5.73 Å². The molecule has 140 valence electrons. The number of hydrogen-bond acceptors (Lipinski definition) is 4. The second-order valence-electron chi connectivity index (χ2n) is 6.25. The largest absolute Gasteiger partial charge is 0.453 e. The summed E-state index contributed by atoms with van der Waals surface area (Å²) in [6.45, 7) is 1.84. The standard InChI is InChI=1S/C20H13Cl3N4O/c1-10-17-18(11-2-4-12(21)5-3-11)16(9-24)19(25)28-20(17)27(26-10)15-7-13(22)6-14(23)8-15/h2-8,19H,25H2,1H3. The fraction of sp³-hybridized carbons (Fsp3) is 0.100. The predicted molar refractivity (Wildman–Crippen MR) is 110 cm³/mol. The molecule has 1 aliphatic heterocycles. The number of nitrogens with zero attached hydrogens (tertiary/aromatic N) is 3. The maximum Gasteiger partial charge on any atom is 0.226 e. The molecular weight excluding hydrogens is 419 g/mol. The minimum atomic E-state index is -0.937. The van der Waals surface area contributed by atoms with E-state index in [-0.39, 0.29) is 0 Å². The first-order chi connectivity index (χ1) is 13.4. The van der Waals surface area contributed by atoms with E-state index in [0.29, 0.717) is 49.0 Å². The average molecular weight is 432 g/mol.